The van der Waals surface area contributed by atoms with Crippen LogP contribution in [0.5, 0.6) is 0 Å². The zero-order valence-corrected chi connectivity index (χ0v) is 17.0. The van der Waals surface area contributed by atoms with Gasteiger partial charge in [0.05, 0.1) is 5.41 Å². The molecular formula is C21H33N5O. The third kappa shape index (κ3) is 3.22. The van der Waals surface area contributed by atoms with Gasteiger partial charge >= 0.3 is 0 Å². The van der Waals surface area contributed by atoms with E-state index in [0.29, 0.717) is 11.8 Å². The normalized spacial score (nSPS) is 30.8. The van der Waals surface area contributed by atoms with Gasteiger partial charge in [0.15, 0.2) is 0 Å². The van der Waals surface area contributed by atoms with Crippen LogP contribution in [0.2, 0.25) is 0 Å². The van der Waals surface area contributed by atoms with E-state index in [2.05, 4.69) is 45.4 Å². The minimum absolute atomic E-state index is 0.149. The smallest absolute Gasteiger partial charge is 0.229 e. The van der Waals surface area contributed by atoms with Crippen molar-refractivity contribution in [2.75, 3.05) is 50.7 Å². The molecule has 0 spiro atoms. The van der Waals surface area contributed by atoms with Crippen LogP contribution >= 0.6 is 0 Å². The summed E-state index contributed by atoms with van der Waals surface area (Å²) >= 11 is 0. The molecule has 1 saturated carbocycles. The van der Waals surface area contributed by atoms with Crippen LogP contribution < -0.4 is 4.90 Å². The first-order chi connectivity index (χ1) is 12.9. The van der Waals surface area contributed by atoms with Crippen molar-refractivity contribution in [3.8, 4) is 0 Å². The molecule has 6 heteroatoms. The van der Waals surface area contributed by atoms with E-state index < -0.39 is 0 Å². The Balaban J connectivity index is 1.24. The van der Waals surface area contributed by atoms with E-state index in [-0.39, 0.29) is 10.8 Å². The Kier molecular flexibility index (Phi) is 4.87. The van der Waals surface area contributed by atoms with Crippen molar-refractivity contribution in [3.63, 3.8) is 0 Å². The molecule has 3 aliphatic rings. The Hall–Kier alpha value is -1.69. The zero-order valence-electron chi connectivity index (χ0n) is 17.0. The maximum absolute atomic E-state index is 13.1. The number of hydrogen-bond acceptors (Lipinski definition) is 5. The predicted octanol–water partition coefficient (Wildman–Crippen LogP) is 2.27. The molecule has 2 bridgehead atoms. The largest absolute Gasteiger partial charge is 0.342 e. The third-order valence-corrected chi connectivity index (χ3v) is 7.75. The first-order valence-electron chi connectivity index (χ1n) is 10.5. The molecule has 4 rings (SSSR count). The van der Waals surface area contributed by atoms with Crippen molar-refractivity contribution < 1.29 is 4.79 Å². The van der Waals surface area contributed by atoms with Crippen molar-refractivity contribution in [3.05, 3.63) is 18.5 Å². The first kappa shape index (κ1) is 18.7. The van der Waals surface area contributed by atoms with E-state index in [1.165, 1.54) is 6.42 Å². The van der Waals surface area contributed by atoms with E-state index in [1.54, 1.807) is 12.4 Å². The van der Waals surface area contributed by atoms with E-state index in [0.717, 1.165) is 64.6 Å². The van der Waals surface area contributed by atoms with Crippen LogP contribution in [-0.4, -0.2) is 71.5 Å². The van der Waals surface area contributed by atoms with Crippen molar-refractivity contribution in [2.45, 2.75) is 40.0 Å². The molecule has 0 N–H and O–H groups in total. The van der Waals surface area contributed by atoms with Gasteiger partial charge in [-0.2, -0.15) is 0 Å². The van der Waals surface area contributed by atoms with E-state index in [9.17, 15) is 4.79 Å². The number of amides is 1. The standard InChI is InChI=1S/C21H33N5O/c1-20(2)17-6-7-21(20,3)18(27)26(16-17)11-5-10-24-12-14-25(15-13-24)19-22-8-4-9-23-19/h4,8-9,17H,5-7,10-16H2,1-3H3/t17?,21-/m0/s1. The maximum atomic E-state index is 13.1. The molecular weight excluding hydrogens is 338 g/mol. The Bertz CT molecular complexity index is 670. The van der Waals surface area contributed by atoms with Crippen LogP contribution in [-0.2, 0) is 4.79 Å². The number of piperidine rings is 1. The fourth-order valence-corrected chi connectivity index (χ4v) is 5.30. The Morgan fingerprint density at radius 1 is 1.07 bits per heavy atom. The van der Waals surface area contributed by atoms with Crippen LogP contribution in [0.1, 0.15) is 40.0 Å². The number of rotatable bonds is 5. The number of anilines is 1. The first-order valence-corrected chi connectivity index (χ1v) is 10.5. The number of nitrogens with zero attached hydrogens (tertiary/aromatic N) is 5. The molecule has 27 heavy (non-hydrogen) atoms. The van der Waals surface area contributed by atoms with Crippen molar-refractivity contribution in [1.82, 2.24) is 19.8 Å². The van der Waals surface area contributed by atoms with Gasteiger partial charge in [-0.15, -0.1) is 0 Å². The van der Waals surface area contributed by atoms with Crippen LogP contribution in [0.15, 0.2) is 18.5 Å². The molecule has 1 unspecified atom stereocenters. The Morgan fingerprint density at radius 3 is 2.48 bits per heavy atom. The molecule has 2 saturated heterocycles. The van der Waals surface area contributed by atoms with Gasteiger partial charge in [-0.3, -0.25) is 9.69 Å². The fourth-order valence-electron chi connectivity index (χ4n) is 5.30. The van der Waals surface area contributed by atoms with Crippen molar-refractivity contribution in [1.29, 1.82) is 0 Å². The van der Waals surface area contributed by atoms with Crippen LogP contribution in [0.3, 0.4) is 0 Å². The highest BCUT2D eigenvalue weighted by Gasteiger charge is 2.60. The second-order valence-electron chi connectivity index (χ2n) is 9.27. The van der Waals surface area contributed by atoms with Crippen LogP contribution in [0.4, 0.5) is 5.95 Å². The molecule has 6 nitrogen and oxygen atoms in total. The van der Waals surface area contributed by atoms with Crippen molar-refractivity contribution in [2.24, 2.45) is 16.7 Å². The second kappa shape index (κ2) is 7.04. The number of hydrogen-bond donors (Lipinski definition) is 0. The summed E-state index contributed by atoms with van der Waals surface area (Å²) in [6.07, 6.45) is 6.94. The van der Waals surface area contributed by atoms with Gasteiger partial charge in [-0.25, -0.2) is 9.97 Å². The summed E-state index contributed by atoms with van der Waals surface area (Å²) in [5.41, 5.74) is -0.00630. The lowest BCUT2D eigenvalue weighted by Crippen LogP contribution is -2.56. The lowest BCUT2D eigenvalue weighted by atomic mass is 9.62. The van der Waals surface area contributed by atoms with Gasteiger partial charge in [0.2, 0.25) is 11.9 Å². The minimum atomic E-state index is -0.156. The summed E-state index contributed by atoms with van der Waals surface area (Å²) < 4.78 is 0. The van der Waals surface area contributed by atoms with Gasteiger partial charge in [0.25, 0.3) is 0 Å². The number of likely N-dealkylation sites (tertiary alicyclic amines) is 1. The summed E-state index contributed by atoms with van der Waals surface area (Å²) in [4.78, 5) is 28.7. The molecule has 0 aromatic carbocycles. The van der Waals surface area contributed by atoms with Gasteiger partial charge in [-0.05, 0) is 43.2 Å². The lowest BCUT2D eigenvalue weighted by Gasteiger charge is -2.49. The highest BCUT2D eigenvalue weighted by Crippen LogP contribution is 2.59. The summed E-state index contributed by atoms with van der Waals surface area (Å²) in [5, 5.41) is 0. The van der Waals surface area contributed by atoms with Gasteiger partial charge < -0.3 is 9.80 Å². The number of piperazine rings is 1. The van der Waals surface area contributed by atoms with Crippen LogP contribution in [0.25, 0.3) is 0 Å². The van der Waals surface area contributed by atoms with Gasteiger partial charge in [-0.1, -0.05) is 20.8 Å². The molecule has 1 amide bonds. The topological polar surface area (TPSA) is 52.6 Å². The summed E-state index contributed by atoms with van der Waals surface area (Å²) in [6.45, 7) is 13.8. The molecule has 1 aromatic rings. The summed E-state index contributed by atoms with van der Waals surface area (Å²) in [7, 11) is 0. The molecule has 1 aromatic heterocycles. The molecule has 148 valence electrons. The van der Waals surface area contributed by atoms with Gasteiger partial charge in [0.1, 0.15) is 0 Å². The van der Waals surface area contributed by atoms with E-state index >= 15 is 0 Å². The summed E-state index contributed by atoms with van der Waals surface area (Å²) in [6, 6.07) is 1.86. The van der Waals surface area contributed by atoms with Crippen molar-refractivity contribution >= 4 is 11.9 Å². The average Bonchev–Trinajstić information content (AvgIpc) is 2.82. The number of carbonyl (C=O) groups excluding carboxylic acids is 1. The quantitative estimate of drug-likeness (QED) is 0.795. The molecule has 3 fully saturated rings. The summed E-state index contributed by atoms with van der Waals surface area (Å²) in [5.74, 6) is 1.89. The Labute approximate surface area is 162 Å². The fraction of sp³-hybridized carbons (Fsp3) is 0.762. The molecule has 2 atom stereocenters. The van der Waals surface area contributed by atoms with Gasteiger partial charge in [0, 0.05) is 51.7 Å². The van der Waals surface area contributed by atoms with E-state index in [1.807, 2.05) is 6.07 Å². The molecule has 2 aliphatic heterocycles. The second-order valence-corrected chi connectivity index (χ2v) is 9.27. The Morgan fingerprint density at radius 2 is 1.78 bits per heavy atom. The molecule has 3 heterocycles. The molecule has 0 radical (unpaired) electrons. The zero-order chi connectivity index (χ0) is 19.1. The lowest BCUT2D eigenvalue weighted by molar-refractivity contribution is -0.155. The van der Waals surface area contributed by atoms with Crippen LogP contribution in [0, 0.1) is 16.7 Å². The minimum Gasteiger partial charge on any atom is -0.342 e. The number of aromatic nitrogens is 2. The van der Waals surface area contributed by atoms with E-state index in [4.69, 9.17) is 0 Å². The number of carbonyl (C=O) groups is 1. The third-order valence-electron chi connectivity index (χ3n) is 7.75. The number of fused-ring (bicyclic) bond motifs is 2. The average molecular weight is 372 g/mol. The SMILES string of the molecule is CC1(C)C2CC[C@@]1(C)C(=O)N(CCCN1CCN(c3ncccn3)CC1)C2. The maximum Gasteiger partial charge on any atom is 0.229 e. The molecule has 1 aliphatic carbocycles. The highest BCUT2D eigenvalue weighted by molar-refractivity contribution is 5.85. The predicted molar refractivity (Wildman–Crippen MR) is 106 cm³/mol. The highest BCUT2D eigenvalue weighted by atomic mass is 16.2. The monoisotopic (exact) mass is 371 g/mol.